The van der Waals surface area contributed by atoms with Crippen molar-refractivity contribution < 1.29 is 9.18 Å². The number of nitrogens with zero attached hydrogens (tertiary/aromatic N) is 1. The molecule has 0 bridgehead atoms. The van der Waals surface area contributed by atoms with Gasteiger partial charge in [-0.1, -0.05) is 30.3 Å². The number of halogens is 2. The molecule has 0 radical (unpaired) electrons. The van der Waals surface area contributed by atoms with Crippen molar-refractivity contribution in [3.05, 3.63) is 83.3 Å². The van der Waals surface area contributed by atoms with Crippen LogP contribution >= 0.6 is 12.4 Å². The highest BCUT2D eigenvalue weighted by Crippen LogP contribution is 2.30. The number of pyridine rings is 1. The third-order valence-corrected chi connectivity index (χ3v) is 4.87. The van der Waals surface area contributed by atoms with Crippen molar-refractivity contribution in [1.82, 2.24) is 10.3 Å². The van der Waals surface area contributed by atoms with E-state index in [1.54, 1.807) is 18.2 Å². The van der Waals surface area contributed by atoms with Crippen molar-refractivity contribution in [2.75, 3.05) is 11.1 Å². The van der Waals surface area contributed by atoms with E-state index in [1.807, 2.05) is 19.1 Å². The van der Waals surface area contributed by atoms with Gasteiger partial charge in [0.1, 0.15) is 17.3 Å². The molecular formula is C22H22ClFN4O. The first-order chi connectivity index (χ1) is 13.4. The van der Waals surface area contributed by atoms with Crippen LogP contribution in [-0.4, -0.2) is 16.4 Å². The highest BCUT2D eigenvalue weighted by atomic mass is 35.5. The Hall–Kier alpha value is -3.12. The molecule has 0 spiro atoms. The summed E-state index contributed by atoms with van der Waals surface area (Å²) in [6, 6.07) is 17.4. The minimum absolute atomic E-state index is 0. The number of benzene rings is 2. The zero-order valence-corrected chi connectivity index (χ0v) is 16.7. The van der Waals surface area contributed by atoms with Crippen LogP contribution in [0.25, 0.3) is 0 Å². The lowest BCUT2D eigenvalue weighted by Gasteiger charge is -2.25. The van der Waals surface area contributed by atoms with Crippen LogP contribution in [0.2, 0.25) is 0 Å². The lowest BCUT2D eigenvalue weighted by molar-refractivity contribution is 0.0904. The summed E-state index contributed by atoms with van der Waals surface area (Å²) in [4.78, 5) is 17.2. The minimum Gasteiger partial charge on any atom is -0.399 e. The molecule has 150 valence electrons. The van der Waals surface area contributed by atoms with E-state index in [0.717, 1.165) is 12.8 Å². The van der Waals surface area contributed by atoms with Crippen LogP contribution < -0.4 is 16.4 Å². The summed E-state index contributed by atoms with van der Waals surface area (Å²) < 4.78 is 13.4. The zero-order valence-electron chi connectivity index (χ0n) is 15.9. The summed E-state index contributed by atoms with van der Waals surface area (Å²) in [5.41, 5.74) is 9.23. The quantitative estimate of drug-likeness (QED) is 0.598. The molecule has 0 saturated carbocycles. The smallest absolute Gasteiger partial charge is 0.270 e. The molecule has 4 N–H and O–H groups in total. The fourth-order valence-corrected chi connectivity index (χ4v) is 3.68. The number of nitrogens with two attached hydrogens (primary N) is 1. The maximum Gasteiger partial charge on any atom is 0.270 e. The fraction of sp³-hybridized carbons (Fsp3) is 0.182. The Morgan fingerprint density at radius 1 is 1.07 bits per heavy atom. The van der Waals surface area contributed by atoms with Gasteiger partial charge in [0.25, 0.3) is 5.91 Å². The number of rotatable bonds is 4. The molecule has 1 aliphatic carbocycles. The third kappa shape index (κ3) is 4.66. The summed E-state index contributed by atoms with van der Waals surface area (Å²) in [5.74, 6) is -0.263. The van der Waals surface area contributed by atoms with E-state index in [-0.39, 0.29) is 35.4 Å². The Balaban J connectivity index is 0.00000240. The number of nitrogen functional groups attached to an aromatic ring is 1. The fourth-order valence-electron chi connectivity index (χ4n) is 3.68. The van der Waals surface area contributed by atoms with Gasteiger partial charge in [-0.15, -0.1) is 12.4 Å². The Bertz CT molecular complexity index is 1030. The SMILES string of the molecule is CC1(NC(=O)c2cc(N)cc(Nc3cccc(F)c3)n2)Cc2ccccc2C1.Cl. The van der Waals surface area contributed by atoms with Crippen molar-refractivity contribution in [2.24, 2.45) is 0 Å². The van der Waals surface area contributed by atoms with Gasteiger partial charge in [0.15, 0.2) is 0 Å². The summed E-state index contributed by atoms with van der Waals surface area (Å²) in [6.07, 6.45) is 1.54. The topological polar surface area (TPSA) is 80.0 Å². The van der Waals surface area contributed by atoms with Gasteiger partial charge in [0, 0.05) is 23.0 Å². The molecule has 7 heteroatoms. The average Bonchev–Trinajstić information content (AvgIpc) is 2.96. The van der Waals surface area contributed by atoms with Crippen LogP contribution in [0.5, 0.6) is 0 Å². The standard InChI is InChI=1S/C22H21FN4O.ClH/c1-22(12-14-5-2-3-6-15(14)13-22)27-21(28)19-10-17(24)11-20(26-19)25-18-8-4-7-16(23)9-18;/h2-11H,12-13H2,1H3,(H,27,28)(H3,24,25,26);1H. The van der Waals surface area contributed by atoms with Crippen molar-refractivity contribution in [3.8, 4) is 0 Å². The zero-order chi connectivity index (χ0) is 19.7. The van der Waals surface area contributed by atoms with E-state index >= 15 is 0 Å². The Morgan fingerprint density at radius 2 is 1.76 bits per heavy atom. The summed E-state index contributed by atoms with van der Waals surface area (Å²) >= 11 is 0. The normalized spacial score (nSPS) is 13.9. The summed E-state index contributed by atoms with van der Waals surface area (Å²) in [7, 11) is 0. The van der Waals surface area contributed by atoms with Gasteiger partial charge in [0.2, 0.25) is 0 Å². The first-order valence-corrected chi connectivity index (χ1v) is 9.10. The molecule has 1 heterocycles. The number of carbonyl (C=O) groups is 1. The van der Waals surface area contributed by atoms with Gasteiger partial charge in [0.05, 0.1) is 0 Å². The lowest BCUT2D eigenvalue weighted by Crippen LogP contribution is -2.47. The molecule has 29 heavy (non-hydrogen) atoms. The van der Waals surface area contributed by atoms with Crippen LogP contribution in [-0.2, 0) is 12.8 Å². The van der Waals surface area contributed by atoms with E-state index in [2.05, 4.69) is 27.8 Å². The Kier molecular flexibility index (Phi) is 5.75. The molecule has 1 amide bonds. The lowest BCUT2D eigenvalue weighted by atomic mass is 9.98. The largest absolute Gasteiger partial charge is 0.399 e. The van der Waals surface area contributed by atoms with Crippen LogP contribution in [0.3, 0.4) is 0 Å². The second kappa shape index (κ2) is 8.09. The van der Waals surface area contributed by atoms with Gasteiger partial charge >= 0.3 is 0 Å². The molecule has 0 unspecified atom stereocenters. The maximum atomic E-state index is 13.4. The van der Waals surface area contributed by atoms with E-state index in [0.29, 0.717) is 17.2 Å². The van der Waals surface area contributed by atoms with Gasteiger partial charge in [-0.05, 0) is 55.2 Å². The maximum absolute atomic E-state index is 13.4. The molecule has 4 rings (SSSR count). The van der Waals surface area contributed by atoms with Crippen molar-refractivity contribution in [3.63, 3.8) is 0 Å². The third-order valence-electron chi connectivity index (χ3n) is 4.87. The highest BCUT2D eigenvalue weighted by Gasteiger charge is 2.34. The predicted octanol–water partition coefficient (Wildman–Crippen LogP) is 4.26. The first kappa shape index (κ1) is 20.6. The number of amides is 1. The molecule has 0 atom stereocenters. The van der Waals surface area contributed by atoms with Crippen LogP contribution in [0.4, 0.5) is 21.6 Å². The molecular weight excluding hydrogens is 391 g/mol. The van der Waals surface area contributed by atoms with E-state index in [9.17, 15) is 9.18 Å². The van der Waals surface area contributed by atoms with Crippen LogP contribution in [0.15, 0.2) is 60.7 Å². The van der Waals surface area contributed by atoms with Crippen molar-refractivity contribution in [1.29, 1.82) is 0 Å². The number of anilines is 3. The van der Waals surface area contributed by atoms with E-state index in [1.165, 1.54) is 29.3 Å². The number of fused-ring (bicyclic) bond motifs is 1. The molecule has 0 aliphatic heterocycles. The predicted molar refractivity (Wildman–Crippen MR) is 115 cm³/mol. The van der Waals surface area contributed by atoms with Gasteiger partial charge in [-0.3, -0.25) is 4.79 Å². The monoisotopic (exact) mass is 412 g/mol. The number of carbonyl (C=O) groups excluding carboxylic acids is 1. The number of nitrogens with one attached hydrogen (secondary N) is 2. The number of hydrogen-bond acceptors (Lipinski definition) is 4. The van der Waals surface area contributed by atoms with Gasteiger partial charge in [-0.2, -0.15) is 0 Å². The number of hydrogen-bond donors (Lipinski definition) is 3. The van der Waals surface area contributed by atoms with Crippen molar-refractivity contribution in [2.45, 2.75) is 25.3 Å². The molecule has 2 aromatic carbocycles. The summed E-state index contributed by atoms with van der Waals surface area (Å²) in [6.45, 7) is 2.03. The minimum atomic E-state index is -0.372. The molecule has 1 aromatic heterocycles. The molecule has 3 aromatic rings. The molecule has 5 nitrogen and oxygen atoms in total. The molecule has 0 saturated heterocycles. The Labute approximate surface area is 175 Å². The Morgan fingerprint density at radius 3 is 2.41 bits per heavy atom. The average molecular weight is 413 g/mol. The van der Waals surface area contributed by atoms with Crippen LogP contribution in [0, 0.1) is 5.82 Å². The van der Waals surface area contributed by atoms with E-state index in [4.69, 9.17) is 5.73 Å². The number of aromatic nitrogens is 1. The van der Waals surface area contributed by atoms with Crippen molar-refractivity contribution >= 4 is 35.5 Å². The van der Waals surface area contributed by atoms with Gasteiger partial charge in [-0.25, -0.2) is 9.37 Å². The molecule has 0 fully saturated rings. The van der Waals surface area contributed by atoms with Crippen LogP contribution in [0.1, 0.15) is 28.5 Å². The van der Waals surface area contributed by atoms with Gasteiger partial charge < -0.3 is 16.4 Å². The second-order valence-corrected chi connectivity index (χ2v) is 7.44. The highest BCUT2D eigenvalue weighted by molar-refractivity contribution is 5.94. The first-order valence-electron chi connectivity index (χ1n) is 9.10. The summed E-state index contributed by atoms with van der Waals surface area (Å²) in [5, 5.41) is 6.09. The van der Waals surface area contributed by atoms with E-state index < -0.39 is 0 Å². The molecule has 1 aliphatic rings. The second-order valence-electron chi connectivity index (χ2n) is 7.44.